The molecule has 0 unspecified atom stereocenters. The summed E-state index contributed by atoms with van der Waals surface area (Å²) in [4.78, 5) is 26.8. The molecule has 0 spiro atoms. The van der Waals surface area contributed by atoms with Gasteiger partial charge in [-0.25, -0.2) is 4.79 Å². The third-order valence-electron chi connectivity index (χ3n) is 5.20. The van der Waals surface area contributed by atoms with E-state index in [-0.39, 0.29) is 23.3 Å². The number of halogens is 2. The minimum absolute atomic E-state index is 0.0885. The first kappa shape index (κ1) is 22.3. The van der Waals surface area contributed by atoms with E-state index in [9.17, 15) is 18.4 Å². The van der Waals surface area contributed by atoms with Gasteiger partial charge < -0.3 is 25.0 Å². The summed E-state index contributed by atoms with van der Waals surface area (Å²) in [5.74, 6) is 0.114. The molecule has 1 aliphatic rings. The molecular formula is C22H25F2N3O4. The van der Waals surface area contributed by atoms with Gasteiger partial charge in [0.2, 0.25) is 5.91 Å². The van der Waals surface area contributed by atoms with E-state index in [1.807, 2.05) is 12.1 Å². The molecule has 2 aromatic rings. The third-order valence-corrected chi connectivity index (χ3v) is 5.20. The van der Waals surface area contributed by atoms with Crippen LogP contribution in [0.1, 0.15) is 18.4 Å². The van der Waals surface area contributed by atoms with Crippen molar-refractivity contribution in [3.8, 4) is 11.5 Å². The lowest BCUT2D eigenvalue weighted by molar-refractivity contribution is -0.121. The van der Waals surface area contributed by atoms with Crippen LogP contribution in [0.25, 0.3) is 0 Å². The van der Waals surface area contributed by atoms with Gasteiger partial charge in [-0.2, -0.15) is 8.78 Å². The first-order chi connectivity index (χ1) is 14.9. The molecule has 1 heterocycles. The molecule has 1 saturated heterocycles. The summed E-state index contributed by atoms with van der Waals surface area (Å²) in [6, 6.07) is 11.4. The van der Waals surface area contributed by atoms with Crippen molar-refractivity contribution >= 4 is 23.3 Å². The number of alkyl halides is 2. The van der Waals surface area contributed by atoms with E-state index in [4.69, 9.17) is 4.74 Å². The lowest BCUT2D eigenvalue weighted by atomic mass is 9.96. The fourth-order valence-corrected chi connectivity index (χ4v) is 3.51. The van der Waals surface area contributed by atoms with Gasteiger partial charge in [0.15, 0.2) is 0 Å². The SMILES string of the molecule is COc1ccccc1NC(=O)C1CCN(C(=O)Nc2c(C)cccc2OC(F)F)CC1. The predicted octanol–water partition coefficient (Wildman–Crippen LogP) is 4.49. The summed E-state index contributed by atoms with van der Waals surface area (Å²) in [6.45, 7) is -0.558. The van der Waals surface area contributed by atoms with Gasteiger partial charge >= 0.3 is 12.6 Å². The van der Waals surface area contributed by atoms with E-state index in [0.29, 0.717) is 42.9 Å². The van der Waals surface area contributed by atoms with E-state index in [1.54, 1.807) is 36.1 Å². The average molecular weight is 433 g/mol. The second-order valence-corrected chi connectivity index (χ2v) is 7.21. The largest absolute Gasteiger partial charge is 0.495 e. The minimum Gasteiger partial charge on any atom is -0.495 e. The van der Waals surface area contributed by atoms with E-state index in [2.05, 4.69) is 15.4 Å². The van der Waals surface area contributed by atoms with Crippen LogP contribution in [0.15, 0.2) is 42.5 Å². The van der Waals surface area contributed by atoms with Crippen LogP contribution >= 0.6 is 0 Å². The number of nitrogens with zero attached hydrogens (tertiary/aromatic N) is 1. The molecule has 0 atom stereocenters. The minimum atomic E-state index is -2.99. The fourth-order valence-electron chi connectivity index (χ4n) is 3.51. The third kappa shape index (κ3) is 5.62. The summed E-state index contributed by atoms with van der Waals surface area (Å²) in [6.07, 6.45) is 0.977. The van der Waals surface area contributed by atoms with Crippen molar-refractivity contribution in [1.29, 1.82) is 0 Å². The molecule has 0 radical (unpaired) electrons. The number of benzene rings is 2. The highest BCUT2D eigenvalue weighted by Gasteiger charge is 2.28. The highest BCUT2D eigenvalue weighted by atomic mass is 19.3. The molecule has 2 N–H and O–H groups in total. The molecule has 1 aliphatic heterocycles. The molecule has 0 aliphatic carbocycles. The number of aryl methyl sites for hydroxylation is 1. The molecule has 0 saturated carbocycles. The summed E-state index contributed by atoms with van der Waals surface area (Å²) in [7, 11) is 1.54. The Morgan fingerprint density at radius 2 is 1.71 bits per heavy atom. The van der Waals surface area contributed by atoms with Crippen LogP contribution in [0, 0.1) is 12.8 Å². The molecule has 166 valence electrons. The van der Waals surface area contributed by atoms with E-state index in [1.165, 1.54) is 13.2 Å². The molecule has 9 heteroatoms. The number of piperidine rings is 1. The van der Waals surface area contributed by atoms with Crippen molar-refractivity contribution in [2.45, 2.75) is 26.4 Å². The van der Waals surface area contributed by atoms with Crippen molar-refractivity contribution in [3.63, 3.8) is 0 Å². The summed E-state index contributed by atoms with van der Waals surface area (Å²) in [5, 5.41) is 5.54. The number of ether oxygens (including phenoxy) is 2. The molecule has 1 fully saturated rings. The lowest BCUT2D eigenvalue weighted by Gasteiger charge is -2.31. The number of carbonyl (C=O) groups is 2. The Kier molecular flexibility index (Phi) is 7.28. The zero-order chi connectivity index (χ0) is 22.4. The monoisotopic (exact) mass is 433 g/mol. The van der Waals surface area contributed by atoms with Crippen LogP contribution in [-0.2, 0) is 4.79 Å². The van der Waals surface area contributed by atoms with Crippen molar-refractivity contribution in [1.82, 2.24) is 4.90 Å². The first-order valence-corrected chi connectivity index (χ1v) is 9.93. The summed E-state index contributed by atoms with van der Waals surface area (Å²) >= 11 is 0. The lowest BCUT2D eigenvalue weighted by Crippen LogP contribution is -2.43. The number of methoxy groups -OCH3 is 1. The maximum atomic E-state index is 12.7. The highest BCUT2D eigenvalue weighted by molar-refractivity contribution is 5.95. The van der Waals surface area contributed by atoms with Crippen LogP contribution in [0.5, 0.6) is 11.5 Å². The van der Waals surface area contributed by atoms with Gasteiger partial charge in [-0.15, -0.1) is 0 Å². The molecular weight excluding hydrogens is 408 g/mol. The van der Waals surface area contributed by atoms with Gasteiger partial charge in [-0.05, 0) is 43.5 Å². The number of hydrogen-bond donors (Lipinski definition) is 2. The molecule has 0 bridgehead atoms. The van der Waals surface area contributed by atoms with Crippen molar-refractivity contribution < 1.29 is 27.8 Å². The quantitative estimate of drug-likeness (QED) is 0.704. The number of hydrogen-bond acceptors (Lipinski definition) is 4. The van der Waals surface area contributed by atoms with Gasteiger partial charge in [0.25, 0.3) is 0 Å². The molecule has 3 rings (SSSR count). The van der Waals surface area contributed by atoms with Gasteiger partial charge in [0, 0.05) is 19.0 Å². The Morgan fingerprint density at radius 1 is 1.03 bits per heavy atom. The van der Waals surface area contributed by atoms with Crippen molar-refractivity contribution in [2.75, 3.05) is 30.8 Å². The molecule has 0 aromatic heterocycles. The zero-order valence-electron chi connectivity index (χ0n) is 17.4. The molecule has 31 heavy (non-hydrogen) atoms. The van der Waals surface area contributed by atoms with Crippen LogP contribution in [0.2, 0.25) is 0 Å². The van der Waals surface area contributed by atoms with Gasteiger partial charge in [0.05, 0.1) is 18.5 Å². The Morgan fingerprint density at radius 3 is 2.39 bits per heavy atom. The topological polar surface area (TPSA) is 79.9 Å². The number of likely N-dealkylation sites (tertiary alicyclic amines) is 1. The fraction of sp³-hybridized carbons (Fsp3) is 0.364. The second kappa shape index (κ2) is 10.1. The Balaban J connectivity index is 1.57. The smallest absolute Gasteiger partial charge is 0.387 e. The second-order valence-electron chi connectivity index (χ2n) is 7.21. The van der Waals surface area contributed by atoms with E-state index in [0.717, 1.165) is 0 Å². The van der Waals surface area contributed by atoms with Crippen molar-refractivity contribution in [3.05, 3.63) is 48.0 Å². The van der Waals surface area contributed by atoms with Gasteiger partial charge in [-0.1, -0.05) is 24.3 Å². The summed E-state index contributed by atoms with van der Waals surface area (Å²) in [5.41, 5.74) is 1.42. The number of carbonyl (C=O) groups excluding carboxylic acids is 2. The number of anilines is 2. The van der Waals surface area contributed by atoms with Crippen LogP contribution in [-0.4, -0.2) is 43.6 Å². The molecule has 2 aromatic carbocycles. The van der Waals surface area contributed by atoms with E-state index < -0.39 is 12.6 Å². The number of nitrogens with one attached hydrogen (secondary N) is 2. The zero-order valence-corrected chi connectivity index (χ0v) is 17.4. The maximum absolute atomic E-state index is 12.7. The first-order valence-electron chi connectivity index (χ1n) is 9.93. The number of para-hydroxylation sites is 3. The predicted molar refractivity (Wildman–Crippen MR) is 113 cm³/mol. The number of rotatable bonds is 6. The normalized spacial score (nSPS) is 14.3. The van der Waals surface area contributed by atoms with Crippen molar-refractivity contribution in [2.24, 2.45) is 5.92 Å². The molecule has 7 nitrogen and oxygen atoms in total. The van der Waals surface area contributed by atoms with Crippen LogP contribution < -0.4 is 20.1 Å². The van der Waals surface area contributed by atoms with Gasteiger partial charge in [0.1, 0.15) is 11.5 Å². The number of urea groups is 1. The van der Waals surface area contributed by atoms with Crippen LogP contribution in [0.4, 0.5) is 25.0 Å². The Labute approximate surface area is 179 Å². The Bertz CT molecular complexity index is 931. The average Bonchev–Trinajstić information content (AvgIpc) is 2.76. The van der Waals surface area contributed by atoms with Gasteiger partial charge in [-0.3, -0.25) is 4.79 Å². The molecule has 3 amide bonds. The summed E-state index contributed by atoms with van der Waals surface area (Å²) < 4.78 is 35.1. The van der Waals surface area contributed by atoms with E-state index >= 15 is 0 Å². The Hall–Kier alpha value is -3.36. The highest BCUT2D eigenvalue weighted by Crippen LogP contribution is 2.30. The maximum Gasteiger partial charge on any atom is 0.387 e. The standard InChI is InChI=1S/C22H25F2N3O4/c1-14-6-5-9-18(31-21(23)24)19(14)26-22(29)27-12-10-15(11-13-27)20(28)25-16-7-3-4-8-17(16)30-2/h3-9,15,21H,10-13H2,1-2H3,(H,25,28)(H,26,29). The van der Waals surface area contributed by atoms with Crippen LogP contribution in [0.3, 0.4) is 0 Å². The number of amides is 3.